The lowest BCUT2D eigenvalue weighted by Gasteiger charge is -2.14. The highest BCUT2D eigenvalue weighted by Crippen LogP contribution is 2.22. The van der Waals surface area contributed by atoms with Gasteiger partial charge in [0.05, 0.1) is 11.4 Å². The van der Waals surface area contributed by atoms with Gasteiger partial charge >= 0.3 is 0 Å². The Balaban J connectivity index is 2.83. The molecule has 0 aliphatic carbocycles. The van der Waals surface area contributed by atoms with Crippen molar-refractivity contribution in [2.45, 2.75) is 27.2 Å². The number of nitrogens with one attached hydrogen (secondary N) is 2. The lowest BCUT2D eigenvalue weighted by atomic mass is 10.1. The lowest BCUT2D eigenvalue weighted by molar-refractivity contribution is 0.597. The van der Waals surface area contributed by atoms with Crippen LogP contribution in [-0.2, 0) is 16.4 Å². The second-order valence-corrected chi connectivity index (χ2v) is 6.08. The van der Waals surface area contributed by atoms with Gasteiger partial charge in [-0.15, -0.1) is 0 Å². The van der Waals surface area contributed by atoms with E-state index in [2.05, 4.69) is 10.0 Å². The molecule has 0 bridgehead atoms. The molecule has 1 aromatic carbocycles. The third kappa shape index (κ3) is 4.31. The predicted molar refractivity (Wildman–Crippen MR) is 76.5 cm³/mol. The van der Waals surface area contributed by atoms with E-state index in [4.69, 9.17) is 0 Å². The number of para-hydroxylation sites is 1. The zero-order chi connectivity index (χ0) is 13.6. The fourth-order valence-electron chi connectivity index (χ4n) is 1.76. The quantitative estimate of drug-likeness (QED) is 0.744. The molecule has 0 radical (unpaired) electrons. The van der Waals surface area contributed by atoms with E-state index in [1.807, 2.05) is 39.0 Å². The van der Waals surface area contributed by atoms with Crippen LogP contribution in [0.25, 0.3) is 0 Å². The topological polar surface area (TPSA) is 58.2 Å². The Morgan fingerprint density at radius 1 is 1.22 bits per heavy atom. The van der Waals surface area contributed by atoms with Gasteiger partial charge in [-0.25, -0.2) is 8.42 Å². The minimum Gasteiger partial charge on any atom is -0.316 e. The Morgan fingerprint density at radius 3 is 2.56 bits per heavy atom. The van der Waals surface area contributed by atoms with E-state index in [9.17, 15) is 8.42 Å². The first-order chi connectivity index (χ1) is 8.50. The van der Waals surface area contributed by atoms with E-state index in [0.717, 1.165) is 29.8 Å². The van der Waals surface area contributed by atoms with Crippen molar-refractivity contribution in [2.24, 2.45) is 0 Å². The summed E-state index contributed by atoms with van der Waals surface area (Å²) in [6, 6.07) is 5.82. The van der Waals surface area contributed by atoms with Gasteiger partial charge in [-0.3, -0.25) is 4.72 Å². The van der Waals surface area contributed by atoms with Crippen molar-refractivity contribution in [1.29, 1.82) is 0 Å². The fraction of sp³-hybridized carbons (Fsp3) is 0.538. The van der Waals surface area contributed by atoms with Gasteiger partial charge in [-0.2, -0.15) is 0 Å². The second kappa shape index (κ2) is 6.75. The fourth-order valence-corrected chi connectivity index (χ4v) is 2.88. The zero-order valence-electron chi connectivity index (χ0n) is 11.3. The Morgan fingerprint density at radius 2 is 1.94 bits per heavy atom. The van der Waals surface area contributed by atoms with E-state index in [1.165, 1.54) is 0 Å². The number of rotatable bonds is 7. The van der Waals surface area contributed by atoms with Crippen molar-refractivity contribution in [2.75, 3.05) is 23.6 Å². The molecule has 102 valence electrons. The molecule has 0 amide bonds. The minimum absolute atomic E-state index is 0.0956. The van der Waals surface area contributed by atoms with Gasteiger partial charge in [0, 0.05) is 6.54 Å². The molecule has 0 fully saturated rings. The van der Waals surface area contributed by atoms with E-state index < -0.39 is 10.0 Å². The maximum absolute atomic E-state index is 11.9. The van der Waals surface area contributed by atoms with Crippen molar-refractivity contribution in [3.05, 3.63) is 29.3 Å². The normalized spacial score (nSPS) is 11.5. The van der Waals surface area contributed by atoms with Gasteiger partial charge in [0.1, 0.15) is 0 Å². The molecule has 1 aromatic rings. The third-order valence-electron chi connectivity index (χ3n) is 2.80. The van der Waals surface area contributed by atoms with Crippen molar-refractivity contribution < 1.29 is 8.42 Å². The molecule has 1 rings (SSSR count). The summed E-state index contributed by atoms with van der Waals surface area (Å²) in [5, 5.41) is 3.01. The smallest absolute Gasteiger partial charge is 0.233 e. The first kappa shape index (κ1) is 15.0. The Kier molecular flexibility index (Phi) is 5.62. The summed E-state index contributed by atoms with van der Waals surface area (Å²) in [5.74, 6) is 0.0956. The maximum Gasteiger partial charge on any atom is 0.233 e. The van der Waals surface area contributed by atoms with Crippen molar-refractivity contribution in [3.63, 3.8) is 0 Å². The molecule has 0 aliphatic rings. The molecule has 0 aromatic heterocycles. The molecule has 18 heavy (non-hydrogen) atoms. The largest absolute Gasteiger partial charge is 0.316 e. The third-order valence-corrected chi connectivity index (χ3v) is 4.05. The van der Waals surface area contributed by atoms with Crippen molar-refractivity contribution in [1.82, 2.24) is 5.32 Å². The summed E-state index contributed by atoms with van der Waals surface area (Å²) in [5.41, 5.74) is 2.72. The van der Waals surface area contributed by atoms with E-state index in [0.29, 0.717) is 6.54 Å². The molecule has 0 spiro atoms. The van der Waals surface area contributed by atoms with Gasteiger partial charge in [0.15, 0.2) is 0 Å². The van der Waals surface area contributed by atoms with Gasteiger partial charge < -0.3 is 5.32 Å². The van der Waals surface area contributed by atoms with Crippen LogP contribution in [-0.4, -0.2) is 27.3 Å². The van der Waals surface area contributed by atoms with E-state index in [-0.39, 0.29) is 5.75 Å². The molecule has 0 aliphatic heterocycles. The van der Waals surface area contributed by atoms with Crippen LogP contribution in [0.4, 0.5) is 5.69 Å². The van der Waals surface area contributed by atoms with Crippen LogP contribution in [0.1, 0.15) is 25.0 Å². The molecule has 0 unspecified atom stereocenters. The van der Waals surface area contributed by atoms with Crippen LogP contribution >= 0.6 is 0 Å². The van der Waals surface area contributed by atoms with Gasteiger partial charge in [-0.1, -0.05) is 32.0 Å². The highest BCUT2D eigenvalue weighted by atomic mass is 32.2. The average molecular weight is 270 g/mol. The highest BCUT2D eigenvalue weighted by Gasteiger charge is 2.13. The number of aryl methyl sites for hydroxylation is 2. The van der Waals surface area contributed by atoms with Crippen molar-refractivity contribution in [3.8, 4) is 0 Å². The van der Waals surface area contributed by atoms with E-state index in [1.54, 1.807) is 0 Å². The molecular formula is C13H22N2O2S. The second-order valence-electron chi connectivity index (χ2n) is 4.24. The van der Waals surface area contributed by atoms with Gasteiger partial charge in [-0.05, 0) is 31.0 Å². The van der Waals surface area contributed by atoms with Gasteiger partial charge in [0.25, 0.3) is 0 Å². The molecule has 5 heteroatoms. The van der Waals surface area contributed by atoms with Crippen LogP contribution in [0.2, 0.25) is 0 Å². The summed E-state index contributed by atoms with van der Waals surface area (Å²) >= 11 is 0. The van der Waals surface area contributed by atoms with E-state index >= 15 is 0 Å². The molecule has 0 saturated carbocycles. The van der Waals surface area contributed by atoms with Crippen LogP contribution in [0.5, 0.6) is 0 Å². The van der Waals surface area contributed by atoms with Crippen LogP contribution in [0.3, 0.4) is 0 Å². The Bertz CT molecular complexity index is 484. The summed E-state index contributed by atoms with van der Waals surface area (Å²) in [6.07, 6.45) is 0.812. The predicted octanol–water partition coefficient (Wildman–Crippen LogP) is 1.91. The lowest BCUT2D eigenvalue weighted by Crippen LogP contribution is -2.27. The summed E-state index contributed by atoms with van der Waals surface area (Å²) in [6.45, 7) is 7.14. The molecule has 0 saturated heterocycles. The highest BCUT2D eigenvalue weighted by molar-refractivity contribution is 7.92. The SMILES string of the molecule is CCNCCS(=O)(=O)Nc1c(C)cccc1CC. The maximum atomic E-state index is 11.9. The zero-order valence-corrected chi connectivity index (χ0v) is 12.1. The molecule has 4 nitrogen and oxygen atoms in total. The summed E-state index contributed by atoms with van der Waals surface area (Å²) in [7, 11) is -3.27. The number of anilines is 1. The Hall–Kier alpha value is -1.07. The first-order valence-corrected chi connectivity index (χ1v) is 7.95. The number of hydrogen-bond acceptors (Lipinski definition) is 3. The molecular weight excluding hydrogens is 248 g/mol. The minimum atomic E-state index is -3.27. The van der Waals surface area contributed by atoms with Crippen molar-refractivity contribution >= 4 is 15.7 Å². The number of hydrogen-bond donors (Lipinski definition) is 2. The number of sulfonamides is 1. The Labute approximate surface area is 110 Å². The monoisotopic (exact) mass is 270 g/mol. The first-order valence-electron chi connectivity index (χ1n) is 6.30. The molecule has 0 heterocycles. The molecule has 0 atom stereocenters. The van der Waals surface area contributed by atoms with Crippen LogP contribution in [0.15, 0.2) is 18.2 Å². The summed E-state index contributed by atoms with van der Waals surface area (Å²) in [4.78, 5) is 0. The van der Waals surface area contributed by atoms with Crippen LogP contribution in [0, 0.1) is 6.92 Å². The summed E-state index contributed by atoms with van der Waals surface area (Å²) < 4.78 is 26.6. The van der Waals surface area contributed by atoms with Gasteiger partial charge in [0.2, 0.25) is 10.0 Å². The number of benzene rings is 1. The average Bonchev–Trinajstić information content (AvgIpc) is 2.32. The van der Waals surface area contributed by atoms with Crippen LogP contribution < -0.4 is 10.0 Å². The molecule has 2 N–H and O–H groups in total. The standard InChI is InChI=1S/C13H22N2O2S/c1-4-12-8-6-7-11(3)13(12)15-18(16,17)10-9-14-5-2/h6-8,14-15H,4-5,9-10H2,1-3H3.